The number of aromatic nitrogens is 2. The quantitative estimate of drug-likeness (QED) is 0.807. The molecule has 0 aromatic carbocycles. The standard InChI is InChI=1S/C19H29ClN4O2/c1-3-26-18(25)24-9-6-19(13-24)10-15(11-19)23-7-4-14(5-8-23)17-21-12-16(20)22(17)2/h12,14-15H,3-11,13H2,1-2H3. The van der Waals surface area contributed by atoms with E-state index in [2.05, 4.69) is 9.88 Å². The number of imidazole rings is 1. The van der Waals surface area contributed by atoms with E-state index in [1.165, 1.54) is 12.8 Å². The molecule has 0 N–H and O–H groups in total. The molecule has 1 amide bonds. The Bertz CT molecular complexity index is 662. The molecule has 144 valence electrons. The van der Waals surface area contributed by atoms with Crippen LogP contribution in [0.3, 0.4) is 0 Å². The molecule has 0 bridgehead atoms. The SMILES string of the molecule is CCOC(=O)N1CCC2(CC(N3CCC(c4ncc(Cl)n4C)CC3)C2)C1. The molecule has 6 nitrogen and oxygen atoms in total. The van der Waals surface area contributed by atoms with Gasteiger partial charge in [0, 0.05) is 32.1 Å². The minimum absolute atomic E-state index is 0.137. The molecule has 2 saturated heterocycles. The number of carbonyl (C=O) groups is 1. The number of nitrogens with zero attached hydrogens (tertiary/aromatic N) is 4. The van der Waals surface area contributed by atoms with Gasteiger partial charge in [0.1, 0.15) is 11.0 Å². The number of hydrogen-bond acceptors (Lipinski definition) is 4. The van der Waals surface area contributed by atoms with Crippen molar-refractivity contribution in [2.45, 2.75) is 51.0 Å². The Kier molecular flexibility index (Phi) is 4.90. The molecule has 0 atom stereocenters. The number of carbonyl (C=O) groups excluding carboxylic acids is 1. The van der Waals surface area contributed by atoms with E-state index < -0.39 is 0 Å². The molecule has 1 saturated carbocycles. The van der Waals surface area contributed by atoms with Gasteiger partial charge in [-0.2, -0.15) is 0 Å². The fourth-order valence-corrected chi connectivity index (χ4v) is 5.28. The average Bonchev–Trinajstić information content (AvgIpc) is 3.19. The first-order chi connectivity index (χ1) is 12.5. The lowest BCUT2D eigenvalue weighted by Crippen LogP contribution is -2.54. The third kappa shape index (κ3) is 3.22. The smallest absolute Gasteiger partial charge is 0.409 e. The van der Waals surface area contributed by atoms with Crippen LogP contribution >= 0.6 is 11.6 Å². The summed E-state index contributed by atoms with van der Waals surface area (Å²) in [5, 5.41) is 0.718. The average molecular weight is 381 g/mol. The van der Waals surface area contributed by atoms with Gasteiger partial charge in [-0.1, -0.05) is 11.6 Å². The number of amides is 1. The van der Waals surface area contributed by atoms with Gasteiger partial charge in [0.2, 0.25) is 0 Å². The topological polar surface area (TPSA) is 50.6 Å². The second-order valence-corrected chi connectivity index (χ2v) is 8.63. The summed E-state index contributed by atoms with van der Waals surface area (Å²) < 4.78 is 7.17. The van der Waals surface area contributed by atoms with E-state index in [9.17, 15) is 4.79 Å². The van der Waals surface area contributed by atoms with E-state index >= 15 is 0 Å². The van der Waals surface area contributed by atoms with Gasteiger partial charge in [0.15, 0.2) is 0 Å². The summed E-state index contributed by atoms with van der Waals surface area (Å²) in [4.78, 5) is 21.0. The van der Waals surface area contributed by atoms with Crippen LogP contribution in [-0.2, 0) is 11.8 Å². The first-order valence-electron chi connectivity index (χ1n) is 9.84. The first kappa shape index (κ1) is 18.1. The predicted molar refractivity (Wildman–Crippen MR) is 100 cm³/mol. The van der Waals surface area contributed by atoms with Crippen LogP contribution in [0, 0.1) is 5.41 Å². The number of likely N-dealkylation sites (tertiary alicyclic amines) is 2. The maximum atomic E-state index is 11.9. The molecular formula is C19H29ClN4O2. The van der Waals surface area contributed by atoms with Crippen molar-refractivity contribution in [3.63, 3.8) is 0 Å². The van der Waals surface area contributed by atoms with Crippen molar-refractivity contribution >= 4 is 17.7 Å². The first-order valence-corrected chi connectivity index (χ1v) is 10.2. The number of hydrogen-bond donors (Lipinski definition) is 0. The predicted octanol–water partition coefficient (Wildman–Crippen LogP) is 3.26. The zero-order chi connectivity index (χ0) is 18.3. The van der Waals surface area contributed by atoms with Gasteiger partial charge < -0.3 is 19.1 Å². The Labute approximate surface area is 160 Å². The highest BCUT2D eigenvalue weighted by Crippen LogP contribution is 2.51. The maximum Gasteiger partial charge on any atom is 0.409 e. The van der Waals surface area contributed by atoms with Gasteiger partial charge in [-0.3, -0.25) is 0 Å². The Hall–Kier alpha value is -1.27. The van der Waals surface area contributed by atoms with Crippen LogP contribution in [0.25, 0.3) is 0 Å². The molecular weight excluding hydrogens is 352 g/mol. The molecule has 2 aliphatic heterocycles. The number of ether oxygens (including phenoxy) is 1. The maximum absolute atomic E-state index is 11.9. The van der Waals surface area contributed by atoms with Gasteiger partial charge in [-0.25, -0.2) is 9.78 Å². The molecule has 1 aromatic rings. The van der Waals surface area contributed by atoms with Crippen LogP contribution < -0.4 is 0 Å². The van der Waals surface area contributed by atoms with Gasteiger partial charge in [0.05, 0.1) is 12.8 Å². The highest BCUT2D eigenvalue weighted by Gasteiger charge is 2.51. The second-order valence-electron chi connectivity index (χ2n) is 8.24. The number of rotatable bonds is 3. The minimum atomic E-state index is -0.137. The molecule has 0 radical (unpaired) electrons. The Morgan fingerprint density at radius 2 is 2.08 bits per heavy atom. The molecule has 1 spiro atoms. The van der Waals surface area contributed by atoms with E-state index in [1.807, 2.05) is 23.4 Å². The van der Waals surface area contributed by atoms with Crippen LogP contribution in [0.15, 0.2) is 6.20 Å². The molecule has 26 heavy (non-hydrogen) atoms. The van der Waals surface area contributed by atoms with Gasteiger partial charge in [-0.05, 0) is 57.5 Å². The fourth-order valence-electron chi connectivity index (χ4n) is 5.14. The van der Waals surface area contributed by atoms with Crippen molar-refractivity contribution in [3.05, 3.63) is 17.2 Å². The van der Waals surface area contributed by atoms with Crippen LogP contribution in [0.1, 0.15) is 50.8 Å². The lowest BCUT2D eigenvalue weighted by atomic mass is 9.64. The third-order valence-corrected chi connectivity index (χ3v) is 7.03. The molecule has 3 heterocycles. The van der Waals surface area contributed by atoms with Gasteiger partial charge >= 0.3 is 6.09 Å². The van der Waals surface area contributed by atoms with Crippen molar-refractivity contribution in [2.75, 3.05) is 32.8 Å². The zero-order valence-corrected chi connectivity index (χ0v) is 16.5. The van der Waals surface area contributed by atoms with Gasteiger partial charge in [0.25, 0.3) is 0 Å². The summed E-state index contributed by atoms with van der Waals surface area (Å²) in [5.41, 5.74) is 0.349. The Morgan fingerprint density at radius 1 is 1.35 bits per heavy atom. The molecule has 3 fully saturated rings. The van der Waals surface area contributed by atoms with Gasteiger partial charge in [-0.15, -0.1) is 0 Å². The summed E-state index contributed by atoms with van der Waals surface area (Å²) in [7, 11) is 2.00. The fraction of sp³-hybridized carbons (Fsp3) is 0.789. The summed E-state index contributed by atoms with van der Waals surface area (Å²) in [6.07, 6.45) is 7.50. The lowest BCUT2D eigenvalue weighted by molar-refractivity contribution is -0.00517. The van der Waals surface area contributed by atoms with Crippen LogP contribution in [0.4, 0.5) is 4.79 Å². The summed E-state index contributed by atoms with van der Waals surface area (Å²) >= 11 is 6.14. The highest BCUT2D eigenvalue weighted by molar-refractivity contribution is 6.29. The molecule has 4 rings (SSSR count). The van der Waals surface area contributed by atoms with Crippen molar-refractivity contribution < 1.29 is 9.53 Å². The van der Waals surface area contributed by atoms with E-state index in [4.69, 9.17) is 16.3 Å². The number of halogens is 1. The van der Waals surface area contributed by atoms with E-state index in [0.29, 0.717) is 24.0 Å². The normalized spacial score (nSPS) is 30.0. The van der Waals surface area contributed by atoms with E-state index in [0.717, 1.165) is 56.4 Å². The van der Waals surface area contributed by atoms with Crippen molar-refractivity contribution in [3.8, 4) is 0 Å². The number of piperidine rings is 1. The van der Waals surface area contributed by atoms with Crippen LogP contribution in [-0.4, -0.2) is 64.3 Å². The summed E-state index contributed by atoms with van der Waals surface area (Å²) in [6.45, 7) is 6.33. The van der Waals surface area contributed by atoms with Crippen molar-refractivity contribution in [1.29, 1.82) is 0 Å². The Balaban J connectivity index is 1.26. The van der Waals surface area contributed by atoms with E-state index in [-0.39, 0.29) is 6.09 Å². The van der Waals surface area contributed by atoms with E-state index in [1.54, 1.807) is 6.20 Å². The zero-order valence-electron chi connectivity index (χ0n) is 15.8. The van der Waals surface area contributed by atoms with Crippen LogP contribution in [0.2, 0.25) is 5.15 Å². The largest absolute Gasteiger partial charge is 0.450 e. The Morgan fingerprint density at radius 3 is 2.69 bits per heavy atom. The molecule has 7 heteroatoms. The van der Waals surface area contributed by atoms with Crippen molar-refractivity contribution in [1.82, 2.24) is 19.4 Å². The minimum Gasteiger partial charge on any atom is -0.450 e. The third-order valence-electron chi connectivity index (χ3n) is 6.68. The molecule has 3 aliphatic rings. The van der Waals surface area contributed by atoms with Crippen LogP contribution in [0.5, 0.6) is 0 Å². The summed E-state index contributed by atoms with van der Waals surface area (Å²) in [5.74, 6) is 1.64. The van der Waals surface area contributed by atoms with Crippen molar-refractivity contribution in [2.24, 2.45) is 12.5 Å². The highest BCUT2D eigenvalue weighted by atomic mass is 35.5. The molecule has 0 unspecified atom stereocenters. The lowest BCUT2D eigenvalue weighted by Gasteiger charge is -2.51. The molecule has 1 aliphatic carbocycles. The summed E-state index contributed by atoms with van der Waals surface area (Å²) in [6, 6.07) is 0.683. The molecule has 1 aromatic heterocycles. The monoisotopic (exact) mass is 380 g/mol. The second kappa shape index (κ2) is 7.04.